The van der Waals surface area contributed by atoms with Gasteiger partial charge in [-0.3, -0.25) is 0 Å². The van der Waals surface area contributed by atoms with Crippen LogP contribution in [0.2, 0.25) is 0 Å². The van der Waals surface area contributed by atoms with Gasteiger partial charge in [-0.15, -0.1) is 0 Å². The minimum atomic E-state index is 0.272. The minimum Gasteiger partial charge on any atom is -0.324 e. The van der Waals surface area contributed by atoms with Crippen LogP contribution in [0.3, 0.4) is 0 Å². The van der Waals surface area contributed by atoms with Crippen molar-refractivity contribution in [2.45, 2.75) is 38.6 Å². The molecule has 1 heteroatoms. The molecule has 0 aromatic heterocycles. The summed E-state index contributed by atoms with van der Waals surface area (Å²) in [6, 6.07) is 8.89. The van der Waals surface area contributed by atoms with Crippen molar-refractivity contribution in [2.75, 3.05) is 0 Å². The Balaban J connectivity index is 2.30. The van der Waals surface area contributed by atoms with E-state index in [1.165, 1.54) is 24.0 Å². The number of hydrogen-bond acceptors (Lipinski definition) is 1. The van der Waals surface area contributed by atoms with Crippen LogP contribution < -0.4 is 5.73 Å². The van der Waals surface area contributed by atoms with Gasteiger partial charge in [0, 0.05) is 6.04 Å². The average molecular weight is 189 g/mol. The van der Waals surface area contributed by atoms with E-state index in [1.807, 2.05) is 0 Å². The molecule has 0 aliphatic heterocycles. The summed E-state index contributed by atoms with van der Waals surface area (Å²) < 4.78 is 0. The minimum absolute atomic E-state index is 0.272. The van der Waals surface area contributed by atoms with E-state index in [-0.39, 0.29) is 6.04 Å². The Hall–Kier alpha value is -0.820. The third-order valence-corrected chi connectivity index (χ3v) is 3.11. The highest BCUT2D eigenvalue weighted by Gasteiger charge is 2.30. The van der Waals surface area contributed by atoms with Crippen molar-refractivity contribution in [2.24, 2.45) is 11.7 Å². The van der Waals surface area contributed by atoms with E-state index in [9.17, 15) is 0 Å². The zero-order chi connectivity index (χ0) is 10.1. The van der Waals surface area contributed by atoms with Gasteiger partial charge < -0.3 is 5.73 Å². The van der Waals surface area contributed by atoms with Gasteiger partial charge in [0.15, 0.2) is 0 Å². The molecule has 2 N–H and O–H groups in total. The SMILES string of the molecule is CC(C)c1ccccc1[C@@H](N)C1CC1. The Labute approximate surface area is 86.3 Å². The lowest BCUT2D eigenvalue weighted by molar-refractivity contribution is 0.620. The second-order valence-corrected chi connectivity index (χ2v) is 4.65. The summed E-state index contributed by atoms with van der Waals surface area (Å²) in [4.78, 5) is 0. The van der Waals surface area contributed by atoms with Gasteiger partial charge >= 0.3 is 0 Å². The summed E-state index contributed by atoms with van der Waals surface area (Å²) in [5, 5.41) is 0. The summed E-state index contributed by atoms with van der Waals surface area (Å²) in [7, 11) is 0. The molecule has 1 saturated carbocycles. The molecule has 2 rings (SSSR count). The van der Waals surface area contributed by atoms with Crippen molar-refractivity contribution in [3.8, 4) is 0 Å². The van der Waals surface area contributed by atoms with Crippen LogP contribution in [0, 0.1) is 5.92 Å². The van der Waals surface area contributed by atoms with E-state index in [2.05, 4.69) is 38.1 Å². The Morgan fingerprint density at radius 2 is 1.71 bits per heavy atom. The summed E-state index contributed by atoms with van der Waals surface area (Å²) in [5.41, 5.74) is 9.03. The first-order valence-electron chi connectivity index (χ1n) is 5.54. The summed E-state index contributed by atoms with van der Waals surface area (Å²) >= 11 is 0. The highest BCUT2D eigenvalue weighted by molar-refractivity contribution is 5.33. The van der Waals surface area contributed by atoms with Crippen molar-refractivity contribution < 1.29 is 0 Å². The van der Waals surface area contributed by atoms with Gasteiger partial charge in [0.05, 0.1) is 0 Å². The maximum Gasteiger partial charge on any atom is 0.0326 e. The quantitative estimate of drug-likeness (QED) is 0.776. The number of rotatable bonds is 3. The van der Waals surface area contributed by atoms with Crippen LogP contribution in [-0.2, 0) is 0 Å². The van der Waals surface area contributed by atoms with Gasteiger partial charge in [0.2, 0.25) is 0 Å². The van der Waals surface area contributed by atoms with Crippen LogP contribution >= 0.6 is 0 Å². The molecular formula is C13H19N. The van der Waals surface area contributed by atoms with Crippen LogP contribution in [0.15, 0.2) is 24.3 Å². The second kappa shape index (κ2) is 3.74. The number of benzene rings is 1. The molecule has 1 aliphatic rings. The van der Waals surface area contributed by atoms with E-state index < -0.39 is 0 Å². The number of hydrogen-bond donors (Lipinski definition) is 1. The average Bonchev–Trinajstić information content (AvgIpc) is 3.00. The molecule has 1 nitrogen and oxygen atoms in total. The molecule has 0 bridgehead atoms. The lowest BCUT2D eigenvalue weighted by Gasteiger charge is -2.18. The van der Waals surface area contributed by atoms with E-state index in [1.54, 1.807) is 0 Å². The van der Waals surface area contributed by atoms with E-state index in [0.717, 1.165) is 5.92 Å². The third kappa shape index (κ3) is 1.83. The van der Waals surface area contributed by atoms with E-state index in [4.69, 9.17) is 5.73 Å². The molecule has 0 heterocycles. The molecule has 0 amide bonds. The lowest BCUT2D eigenvalue weighted by atomic mass is 9.91. The zero-order valence-corrected chi connectivity index (χ0v) is 9.03. The maximum atomic E-state index is 6.24. The predicted molar refractivity (Wildman–Crippen MR) is 60.2 cm³/mol. The highest BCUT2D eigenvalue weighted by Crippen LogP contribution is 2.41. The van der Waals surface area contributed by atoms with Gasteiger partial charge in [-0.25, -0.2) is 0 Å². The Kier molecular flexibility index (Phi) is 2.60. The predicted octanol–water partition coefficient (Wildman–Crippen LogP) is 3.22. The van der Waals surface area contributed by atoms with Crippen LogP contribution in [0.4, 0.5) is 0 Å². The molecule has 14 heavy (non-hydrogen) atoms. The first-order chi connectivity index (χ1) is 6.70. The van der Waals surface area contributed by atoms with Gasteiger partial charge in [-0.2, -0.15) is 0 Å². The normalized spacial score (nSPS) is 18.6. The lowest BCUT2D eigenvalue weighted by Crippen LogP contribution is -2.15. The molecule has 1 atom stereocenters. The van der Waals surface area contributed by atoms with Crippen molar-refractivity contribution in [3.05, 3.63) is 35.4 Å². The second-order valence-electron chi connectivity index (χ2n) is 4.65. The van der Waals surface area contributed by atoms with Crippen LogP contribution in [-0.4, -0.2) is 0 Å². The van der Waals surface area contributed by atoms with Crippen LogP contribution in [0.25, 0.3) is 0 Å². The first kappa shape index (κ1) is 9.72. The first-order valence-corrected chi connectivity index (χ1v) is 5.54. The molecular weight excluding hydrogens is 170 g/mol. The Morgan fingerprint density at radius 1 is 1.14 bits per heavy atom. The summed E-state index contributed by atoms with van der Waals surface area (Å²) in [6.07, 6.45) is 2.63. The molecule has 0 saturated heterocycles. The van der Waals surface area contributed by atoms with Gasteiger partial charge in [-0.1, -0.05) is 38.1 Å². The standard InChI is InChI=1S/C13H19N/c1-9(2)11-5-3-4-6-12(11)13(14)10-7-8-10/h3-6,9-10,13H,7-8,14H2,1-2H3/t13-/m0/s1. The third-order valence-electron chi connectivity index (χ3n) is 3.11. The van der Waals surface area contributed by atoms with Crippen molar-refractivity contribution in [1.82, 2.24) is 0 Å². The molecule has 0 unspecified atom stereocenters. The smallest absolute Gasteiger partial charge is 0.0326 e. The summed E-state index contributed by atoms with van der Waals surface area (Å²) in [6.45, 7) is 4.47. The van der Waals surface area contributed by atoms with Gasteiger partial charge in [0.25, 0.3) is 0 Å². The van der Waals surface area contributed by atoms with Gasteiger partial charge in [0.1, 0.15) is 0 Å². The molecule has 1 fully saturated rings. The molecule has 0 spiro atoms. The van der Waals surface area contributed by atoms with Crippen molar-refractivity contribution in [3.63, 3.8) is 0 Å². The maximum absolute atomic E-state index is 6.24. The fourth-order valence-corrected chi connectivity index (χ4v) is 2.05. The van der Waals surface area contributed by atoms with Crippen molar-refractivity contribution in [1.29, 1.82) is 0 Å². The largest absolute Gasteiger partial charge is 0.324 e. The van der Waals surface area contributed by atoms with Crippen molar-refractivity contribution >= 4 is 0 Å². The molecule has 76 valence electrons. The number of nitrogens with two attached hydrogens (primary N) is 1. The molecule has 1 aromatic rings. The fraction of sp³-hybridized carbons (Fsp3) is 0.538. The van der Waals surface area contributed by atoms with E-state index in [0.29, 0.717) is 5.92 Å². The van der Waals surface area contributed by atoms with Crippen LogP contribution in [0.1, 0.15) is 49.8 Å². The Bertz CT molecular complexity index is 313. The molecule has 1 aliphatic carbocycles. The monoisotopic (exact) mass is 189 g/mol. The topological polar surface area (TPSA) is 26.0 Å². The van der Waals surface area contributed by atoms with Gasteiger partial charge in [-0.05, 0) is 35.8 Å². The van der Waals surface area contributed by atoms with Crippen LogP contribution in [0.5, 0.6) is 0 Å². The highest BCUT2D eigenvalue weighted by atomic mass is 14.7. The fourth-order valence-electron chi connectivity index (χ4n) is 2.05. The zero-order valence-electron chi connectivity index (χ0n) is 9.03. The Morgan fingerprint density at radius 3 is 2.21 bits per heavy atom. The molecule has 1 aromatic carbocycles. The summed E-state index contributed by atoms with van der Waals surface area (Å²) in [5.74, 6) is 1.32. The molecule has 0 radical (unpaired) electrons. The van der Waals surface area contributed by atoms with E-state index >= 15 is 0 Å².